The Bertz CT molecular complexity index is 669. The van der Waals surface area contributed by atoms with Gasteiger partial charge in [-0.3, -0.25) is 10.1 Å². The van der Waals surface area contributed by atoms with Gasteiger partial charge < -0.3 is 9.73 Å². The van der Waals surface area contributed by atoms with E-state index in [4.69, 9.17) is 4.42 Å². The summed E-state index contributed by atoms with van der Waals surface area (Å²) in [6.45, 7) is 3.64. The van der Waals surface area contributed by atoms with Crippen molar-refractivity contribution < 1.29 is 14.0 Å². The number of aryl methyl sites for hydroxylation is 1. The van der Waals surface area contributed by atoms with Crippen LogP contribution in [0.1, 0.15) is 12.5 Å². The van der Waals surface area contributed by atoms with E-state index in [0.29, 0.717) is 5.89 Å². The Morgan fingerprint density at radius 3 is 2.55 bits per heavy atom. The molecule has 2 rings (SSSR count). The Labute approximate surface area is 131 Å². The van der Waals surface area contributed by atoms with Crippen molar-refractivity contribution in [1.29, 1.82) is 0 Å². The number of carbonyl (C=O) groups excluding carboxylic acids is 2. The lowest BCUT2D eigenvalue weighted by Crippen LogP contribution is -2.41. The van der Waals surface area contributed by atoms with Crippen LogP contribution in [0.5, 0.6) is 0 Å². The Morgan fingerprint density at radius 2 is 1.91 bits per heavy atom. The minimum atomic E-state index is -0.552. The van der Waals surface area contributed by atoms with Gasteiger partial charge in [0.2, 0.25) is 11.8 Å². The minimum Gasteiger partial charge on any atom is -0.411 e. The van der Waals surface area contributed by atoms with Crippen LogP contribution in [0.15, 0.2) is 33.9 Å². The van der Waals surface area contributed by atoms with E-state index in [9.17, 15) is 9.59 Å². The SMILES string of the molecule is CNC(=O)NC(=O)[C@@H](C)Sc1nnc(-c2ccc(C)cc2)o1. The van der Waals surface area contributed by atoms with Crippen LogP contribution in [0.3, 0.4) is 0 Å². The largest absolute Gasteiger partial charge is 0.411 e. The molecule has 1 atom stereocenters. The van der Waals surface area contributed by atoms with Gasteiger partial charge in [0.1, 0.15) is 0 Å². The van der Waals surface area contributed by atoms with Crippen LogP contribution in [-0.2, 0) is 4.79 Å². The van der Waals surface area contributed by atoms with E-state index >= 15 is 0 Å². The number of aromatic nitrogens is 2. The topological polar surface area (TPSA) is 97.1 Å². The van der Waals surface area contributed by atoms with Crippen LogP contribution in [0.4, 0.5) is 4.79 Å². The number of urea groups is 1. The van der Waals surface area contributed by atoms with Gasteiger partial charge in [0.15, 0.2) is 0 Å². The van der Waals surface area contributed by atoms with Gasteiger partial charge in [-0.05, 0) is 26.0 Å². The standard InChI is InChI=1S/C14H16N4O3S/c1-8-4-6-10(7-5-8)12-17-18-14(21-12)22-9(2)11(19)16-13(20)15-3/h4-7,9H,1-3H3,(H2,15,16,19,20)/t9-/m1/s1. The minimum absolute atomic E-state index is 0.273. The van der Waals surface area contributed by atoms with E-state index in [1.54, 1.807) is 6.92 Å². The summed E-state index contributed by atoms with van der Waals surface area (Å²) < 4.78 is 5.52. The van der Waals surface area contributed by atoms with E-state index < -0.39 is 17.2 Å². The smallest absolute Gasteiger partial charge is 0.321 e. The zero-order valence-electron chi connectivity index (χ0n) is 12.4. The molecule has 0 bridgehead atoms. The second-order valence-corrected chi connectivity index (χ2v) is 5.86. The molecule has 1 aromatic carbocycles. The van der Waals surface area contributed by atoms with Crippen LogP contribution in [0.2, 0.25) is 0 Å². The zero-order chi connectivity index (χ0) is 16.1. The molecule has 2 aromatic rings. The summed E-state index contributed by atoms with van der Waals surface area (Å²) in [4.78, 5) is 22.8. The maximum atomic E-state index is 11.7. The van der Waals surface area contributed by atoms with Crippen molar-refractivity contribution in [3.8, 4) is 11.5 Å². The molecule has 0 aliphatic rings. The fraction of sp³-hybridized carbons (Fsp3) is 0.286. The highest BCUT2D eigenvalue weighted by atomic mass is 32.2. The number of rotatable bonds is 4. The second-order valence-electron chi connectivity index (χ2n) is 4.57. The highest BCUT2D eigenvalue weighted by molar-refractivity contribution is 8.00. The van der Waals surface area contributed by atoms with E-state index in [0.717, 1.165) is 22.9 Å². The summed E-state index contributed by atoms with van der Waals surface area (Å²) in [6.07, 6.45) is 0. The van der Waals surface area contributed by atoms with Gasteiger partial charge >= 0.3 is 6.03 Å². The van der Waals surface area contributed by atoms with Gasteiger partial charge in [-0.25, -0.2) is 4.79 Å². The average molecular weight is 320 g/mol. The molecule has 0 spiro atoms. The molecular weight excluding hydrogens is 304 g/mol. The average Bonchev–Trinajstić information content (AvgIpc) is 2.96. The number of amides is 3. The molecule has 0 fully saturated rings. The number of thioether (sulfide) groups is 1. The van der Waals surface area contributed by atoms with Gasteiger partial charge in [-0.1, -0.05) is 29.5 Å². The van der Waals surface area contributed by atoms with Gasteiger partial charge in [-0.15, -0.1) is 10.2 Å². The third-order valence-electron chi connectivity index (χ3n) is 2.82. The summed E-state index contributed by atoms with van der Waals surface area (Å²) in [5, 5.41) is 12.1. The van der Waals surface area contributed by atoms with Crippen molar-refractivity contribution in [2.75, 3.05) is 7.05 Å². The molecule has 1 aromatic heterocycles. The molecule has 0 saturated carbocycles. The van der Waals surface area contributed by atoms with E-state index in [1.807, 2.05) is 31.2 Å². The number of carbonyl (C=O) groups is 2. The van der Waals surface area contributed by atoms with Gasteiger partial charge in [0.05, 0.1) is 5.25 Å². The van der Waals surface area contributed by atoms with E-state index in [2.05, 4.69) is 20.8 Å². The van der Waals surface area contributed by atoms with Crippen LogP contribution >= 0.6 is 11.8 Å². The van der Waals surface area contributed by atoms with Crippen molar-refractivity contribution >= 4 is 23.7 Å². The van der Waals surface area contributed by atoms with Gasteiger partial charge in [0, 0.05) is 12.6 Å². The summed E-state index contributed by atoms with van der Waals surface area (Å²) >= 11 is 1.09. The van der Waals surface area contributed by atoms with Crippen molar-refractivity contribution in [3.63, 3.8) is 0 Å². The lowest BCUT2D eigenvalue weighted by Gasteiger charge is -2.07. The van der Waals surface area contributed by atoms with Crippen LogP contribution in [-0.4, -0.2) is 34.4 Å². The maximum absolute atomic E-state index is 11.7. The van der Waals surface area contributed by atoms with Crippen LogP contribution in [0, 0.1) is 6.92 Å². The molecule has 22 heavy (non-hydrogen) atoms. The normalized spacial score (nSPS) is 11.8. The van der Waals surface area contributed by atoms with Crippen LogP contribution in [0.25, 0.3) is 11.5 Å². The first-order valence-corrected chi connectivity index (χ1v) is 7.47. The highest BCUT2D eigenvalue weighted by Crippen LogP contribution is 2.26. The fourth-order valence-electron chi connectivity index (χ4n) is 1.55. The lowest BCUT2D eigenvalue weighted by atomic mass is 10.1. The number of nitrogens with zero attached hydrogens (tertiary/aromatic N) is 2. The Hall–Kier alpha value is -2.35. The second kappa shape index (κ2) is 7.08. The summed E-state index contributed by atoms with van der Waals surface area (Å²) in [5.41, 5.74) is 1.95. The first-order chi connectivity index (χ1) is 10.5. The van der Waals surface area contributed by atoms with Crippen molar-refractivity contribution in [2.45, 2.75) is 24.3 Å². The molecule has 0 aliphatic carbocycles. The molecule has 0 saturated heterocycles. The molecule has 2 N–H and O–H groups in total. The number of hydrogen-bond donors (Lipinski definition) is 2. The number of hydrogen-bond acceptors (Lipinski definition) is 6. The molecule has 116 valence electrons. The van der Waals surface area contributed by atoms with Gasteiger partial charge in [0.25, 0.3) is 5.22 Å². The molecule has 0 aliphatic heterocycles. The predicted octanol–water partition coefficient (Wildman–Crippen LogP) is 1.98. The third kappa shape index (κ3) is 4.08. The summed E-state index contributed by atoms with van der Waals surface area (Å²) in [7, 11) is 1.44. The first-order valence-electron chi connectivity index (χ1n) is 6.59. The van der Waals surface area contributed by atoms with Crippen molar-refractivity contribution in [3.05, 3.63) is 29.8 Å². The molecule has 0 radical (unpaired) electrons. The first kappa shape index (κ1) is 16.0. The van der Waals surface area contributed by atoms with E-state index in [-0.39, 0.29) is 5.22 Å². The van der Waals surface area contributed by atoms with Crippen LogP contribution < -0.4 is 10.6 Å². The fourth-order valence-corrected chi connectivity index (χ4v) is 2.23. The summed E-state index contributed by atoms with van der Waals surface area (Å²) in [6, 6.07) is 7.12. The molecule has 3 amide bonds. The molecule has 7 nitrogen and oxygen atoms in total. The lowest BCUT2D eigenvalue weighted by molar-refractivity contribution is -0.119. The number of imide groups is 1. The predicted molar refractivity (Wildman–Crippen MR) is 82.4 cm³/mol. The van der Waals surface area contributed by atoms with Crippen molar-refractivity contribution in [2.24, 2.45) is 0 Å². The summed E-state index contributed by atoms with van der Waals surface area (Å²) in [5.74, 6) is -0.0409. The molecule has 0 unspecified atom stereocenters. The molecular formula is C14H16N4O3S. The Balaban J connectivity index is 2.01. The zero-order valence-corrected chi connectivity index (χ0v) is 13.2. The molecule has 8 heteroatoms. The van der Waals surface area contributed by atoms with Gasteiger partial charge in [-0.2, -0.15) is 0 Å². The quantitative estimate of drug-likeness (QED) is 0.836. The van der Waals surface area contributed by atoms with E-state index in [1.165, 1.54) is 7.05 Å². The molecule has 1 heterocycles. The Kier molecular flexibility index (Phi) is 5.16. The highest BCUT2D eigenvalue weighted by Gasteiger charge is 2.20. The maximum Gasteiger partial charge on any atom is 0.321 e. The monoisotopic (exact) mass is 320 g/mol. The van der Waals surface area contributed by atoms with Crippen molar-refractivity contribution in [1.82, 2.24) is 20.8 Å². The third-order valence-corrected chi connectivity index (χ3v) is 3.75. The number of benzene rings is 1. The Morgan fingerprint density at radius 1 is 1.23 bits per heavy atom. The number of nitrogens with one attached hydrogen (secondary N) is 2.